The summed E-state index contributed by atoms with van der Waals surface area (Å²) in [4.78, 5) is 3.69. The van der Waals surface area contributed by atoms with Gasteiger partial charge in [-0.25, -0.2) is 0 Å². The number of aliphatic hydroxyl groups is 1. The fraction of sp³-hybridized carbons (Fsp3) is 0.571. The van der Waals surface area contributed by atoms with E-state index in [-0.39, 0.29) is 0 Å². The molecule has 0 aromatic heterocycles. The Morgan fingerprint density at radius 2 is 2.36 bits per heavy atom. The number of guanidine groups is 1. The molecular weight excluding hydrogens is 142 g/mol. The molecular formula is C7H15N3O. The fourth-order valence-electron chi connectivity index (χ4n) is 0.542. The highest BCUT2D eigenvalue weighted by atomic mass is 16.3. The van der Waals surface area contributed by atoms with Crippen LogP contribution in [0.25, 0.3) is 0 Å². The lowest BCUT2D eigenvalue weighted by Crippen LogP contribution is -2.32. The van der Waals surface area contributed by atoms with Crippen molar-refractivity contribution < 1.29 is 5.11 Å². The van der Waals surface area contributed by atoms with Gasteiger partial charge in [0.15, 0.2) is 5.96 Å². The molecule has 0 atom stereocenters. The van der Waals surface area contributed by atoms with E-state index >= 15 is 0 Å². The minimum absolute atomic E-state index is 0.362. The topological polar surface area (TPSA) is 70.6 Å². The summed E-state index contributed by atoms with van der Waals surface area (Å²) in [7, 11) is 1.61. The van der Waals surface area contributed by atoms with Crippen LogP contribution in [0.3, 0.4) is 0 Å². The fourth-order valence-corrected chi connectivity index (χ4v) is 0.542. The molecule has 4 N–H and O–H groups in total. The van der Waals surface area contributed by atoms with Gasteiger partial charge in [-0.05, 0) is 13.0 Å². The summed E-state index contributed by atoms with van der Waals surface area (Å²) in [5.41, 5.74) is 5.34. The van der Waals surface area contributed by atoms with Crippen molar-refractivity contribution >= 4 is 5.96 Å². The number of aliphatic hydroxyl groups excluding tert-OH is 1. The van der Waals surface area contributed by atoms with Crippen molar-refractivity contribution in [2.24, 2.45) is 10.7 Å². The maximum absolute atomic E-state index is 8.98. The molecule has 0 spiro atoms. The first kappa shape index (κ1) is 9.81. The summed E-state index contributed by atoms with van der Waals surface area (Å²) >= 11 is 0. The number of hydrogen-bond donors (Lipinski definition) is 3. The standard InChI is InChI=1S/C7H15N3O/c1-3-6(11)4-5-10-7(8)9-2/h3,11H,4-5H2,1-2H3,(H3,8,9,10)/b6-3+. The Balaban J connectivity index is 3.43. The van der Waals surface area contributed by atoms with E-state index < -0.39 is 0 Å². The second-order valence-corrected chi connectivity index (χ2v) is 2.07. The van der Waals surface area contributed by atoms with Crippen LogP contribution in [0.2, 0.25) is 0 Å². The number of hydrogen-bond acceptors (Lipinski definition) is 2. The Kier molecular flexibility index (Phi) is 4.98. The molecule has 0 aromatic rings. The Morgan fingerprint density at radius 3 is 2.82 bits per heavy atom. The number of nitrogens with two attached hydrogens (primary N) is 1. The predicted molar refractivity (Wildman–Crippen MR) is 46.6 cm³/mol. The van der Waals surface area contributed by atoms with Crippen LogP contribution in [-0.4, -0.2) is 24.7 Å². The van der Waals surface area contributed by atoms with E-state index in [1.54, 1.807) is 20.0 Å². The largest absolute Gasteiger partial charge is 0.513 e. The highest BCUT2D eigenvalue weighted by molar-refractivity contribution is 5.77. The van der Waals surface area contributed by atoms with Crippen molar-refractivity contribution in [3.8, 4) is 0 Å². The van der Waals surface area contributed by atoms with Gasteiger partial charge in [0, 0.05) is 20.0 Å². The van der Waals surface area contributed by atoms with Gasteiger partial charge in [0.2, 0.25) is 0 Å². The third-order valence-corrected chi connectivity index (χ3v) is 1.26. The Morgan fingerprint density at radius 1 is 1.73 bits per heavy atom. The van der Waals surface area contributed by atoms with Gasteiger partial charge in [-0.1, -0.05) is 0 Å². The van der Waals surface area contributed by atoms with E-state index in [0.717, 1.165) is 0 Å². The molecule has 0 rings (SSSR count). The molecule has 0 bridgehead atoms. The lowest BCUT2D eigenvalue weighted by molar-refractivity contribution is 0.387. The highest BCUT2D eigenvalue weighted by Crippen LogP contribution is 1.91. The van der Waals surface area contributed by atoms with Crippen LogP contribution in [0.1, 0.15) is 13.3 Å². The zero-order valence-electron chi connectivity index (χ0n) is 6.96. The van der Waals surface area contributed by atoms with E-state index in [1.807, 2.05) is 0 Å². The van der Waals surface area contributed by atoms with E-state index in [9.17, 15) is 0 Å². The molecule has 4 nitrogen and oxygen atoms in total. The van der Waals surface area contributed by atoms with E-state index in [0.29, 0.717) is 24.7 Å². The molecule has 0 aliphatic rings. The minimum Gasteiger partial charge on any atom is -0.513 e. The number of nitrogens with one attached hydrogen (secondary N) is 1. The minimum atomic E-state index is 0.362. The van der Waals surface area contributed by atoms with Crippen molar-refractivity contribution in [2.75, 3.05) is 13.6 Å². The smallest absolute Gasteiger partial charge is 0.188 e. The van der Waals surface area contributed by atoms with Gasteiger partial charge in [0.1, 0.15) is 0 Å². The van der Waals surface area contributed by atoms with Crippen LogP contribution in [0.4, 0.5) is 0 Å². The van der Waals surface area contributed by atoms with Crippen molar-refractivity contribution in [3.05, 3.63) is 11.8 Å². The van der Waals surface area contributed by atoms with Gasteiger partial charge in [-0.3, -0.25) is 4.99 Å². The third-order valence-electron chi connectivity index (χ3n) is 1.26. The maximum Gasteiger partial charge on any atom is 0.188 e. The van der Waals surface area contributed by atoms with Crippen molar-refractivity contribution in [3.63, 3.8) is 0 Å². The summed E-state index contributed by atoms with van der Waals surface area (Å²) in [5, 5.41) is 11.8. The van der Waals surface area contributed by atoms with Crippen LogP contribution >= 0.6 is 0 Å². The zero-order valence-corrected chi connectivity index (χ0v) is 6.96. The Bertz CT molecular complexity index is 145. The average molecular weight is 157 g/mol. The molecule has 0 fully saturated rings. The second kappa shape index (κ2) is 5.58. The lowest BCUT2D eigenvalue weighted by Gasteiger charge is -2.02. The van der Waals surface area contributed by atoms with E-state index in [1.165, 1.54) is 0 Å². The maximum atomic E-state index is 8.98. The SMILES string of the molecule is C/C=C(/O)CCNC(N)=NC. The molecule has 4 heteroatoms. The second-order valence-electron chi connectivity index (χ2n) is 2.07. The number of aliphatic imine (C=N–C) groups is 1. The van der Waals surface area contributed by atoms with Crippen LogP contribution in [0, 0.1) is 0 Å². The van der Waals surface area contributed by atoms with Gasteiger partial charge in [0.05, 0.1) is 5.76 Å². The number of rotatable bonds is 3. The van der Waals surface area contributed by atoms with Gasteiger partial charge in [-0.2, -0.15) is 0 Å². The third kappa shape index (κ3) is 5.26. The number of nitrogens with zero attached hydrogens (tertiary/aromatic N) is 1. The molecule has 0 unspecified atom stereocenters. The first-order valence-electron chi connectivity index (χ1n) is 3.51. The first-order valence-corrected chi connectivity index (χ1v) is 3.51. The molecule has 0 heterocycles. The van der Waals surface area contributed by atoms with Crippen LogP contribution in [0.15, 0.2) is 16.8 Å². The molecule has 0 saturated carbocycles. The first-order chi connectivity index (χ1) is 5.20. The lowest BCUT2D eigenvalue weighted by atomic mass is 10.3. The summed E-state index contributed by atoms with van der Waals surface area (Å²) < 4.78 is 0. The molecule has 11 heavy (non-hydrogen) atoms. The van der Waals surface area contributed by atoms with Crippen LogP contribution in [-0.2, 0) is 0 Å². The summed E-state index contributed by atoms with van der Waals surface area (Å²) in [5.74, 6) is 0.760. The highest BCUT2D eigenvalue weighted by Gasteiger charge is 1.91. The Labute approximate surface area is 66.8 Å². The summed E-state index contributed by atoms with van der Waals surface area (Å²) in [6.45, 7) is 2.39. The normalized spacial score (nSPS) is 13.3. The van der Waals surface area contributed by atoms with Crippen LogP contribution in [0.5, 0.6) is 0 Å². The van der Waals surface area contributed by atoms with E-state index in [2.05, 4.69) is 10.3 Å². The molecule has 0 aliphatic heterocycles. The van der Waals surface area contributed by atoms with Crippen molar-refractivity contribution in [1.82, 2.24) is 5.32 Å². The number of allylic oxidation sites excluding steroid dienone is 1. The summed E-state index contributed by atoms with van der Waals surface area (Å²) in [6.07, 6.45) is 2.23. The zero-order chi connectivity index (χ0) is 8.69. The van der Waals surface area contributed by atoms with Gasteiger partial charge < -0.3 is 16.2 Å². The van der Waals surface area contributed by atoms with Crippen molar-refractivity contribution in [1.29, 1.82) is 0 Å². The monoisotopic (exact) mass is 157 g/mol. The van der Waals surface area contributed by atoms with Gasteiger partial charge >= 0.3 is 0 Å². The quantitative estimate of drug-likeness (QED) is 0.315. The summed E-state index contributed by atoms with van der Waals surface area (Å²) in [6, 6.07) is 0. The molecule has 0 aliphatic carbocycles. The van der Waals surface area contributed by atoms with E-state index in [4.69, 9.17) is 10.8 Å². The van der Waals surface area contributed by atoms with Gasteiger partial charge in [0.25, 0.3) is 0 Å². The molecule has 64 valence electrons. The van der Waals surface area contributed by atoms with Crippen LogP contribution < -0.4 is 11.1 Å². The van der Waals surface area contributed by atoms with Gasteiger partial charge in [-0.15, -0.1) is 0 Å². The molecule has 0 amide bonds. The molecule has 0 saturated heterocycles. The molecule has 0 radical (unpaired) electrons. The predicted octanol–water partition coefficient (Wildman–Crippen LogP) is 0.372. The van der Waals surface area contributed by atoms with Crippen molar-refractivity contribution in [2.45, 2.75) is 13.3 Å². The Hall–Kier alpha value is -1.19. The molecule has 0 aromatic carbocycles. The average Bonchev–Trinajstić information content (AvgIpc) is 2.04.